The van der Waals surface area contributed by atoms with Gasteiger partial charge in [0.05, 0.1) is 48.3 Å². The van der Waals surface area contributed by atoms with Crippen LogP contribution in [0.5, 0.6) is 0 Å². The van der Waals surface area contributed by atoms with E-state index in [0.717, 1.165) is 11.4 Å². The van der Waals surface area contributed by atoms with E-state index in [4.69, 9.17) is 13.1 Å². The molecule has 0 saturated heterocycles. The average Bonchev–Trinajstić information content (AvgIpc) is 3.11. The monoisotopic (exact) mass is 892 g/mol. The van der Waals surface area contributed by atoms with E-state index < -0.39 is 17.6 Å². The second kappa shape index (κ2) is 28.7. The summed E-state index contributed by atoms with van der Waals surface area (Å²) in [6.45, 7) is 50.7. The number of hydrogen-bond acceptors (Lipinski definition) is 0. The van der Waals surface area contributed by atoms with Gasteiger partial charge in [-0.05, 0) is 45.9 Å². The van der Waals surface area contributed by atoms with Crippen molar-refractivity contribution in [1.82, 2.24) is 0 Å². The van der Waals surface area contributed by atoms with Crippen molar-refractivity contribution in [3.8, 4) is 0 Å². The molecule has 0 unspecified atom stereocenters. The van der Waals surface area contributed by atoms with Crippen molar-refractivity contribution in [2.75, 3.05) is 0 Å². The Morgan fingerprint density at radius 2 is 0.673 bits per heavy atom. The van der Waals surface area contributed by atoms with Gasteiger partial charge >= 0.3 is 19.5 Å². The molecular weight excluding hydrogens is 818 g/mol. The summed E-state index contributed by atoms with van der Waals surface area (Å²) in [5.41, 5.74) is 6.41. The summed E-state index contributed by atoms with van der Waals surface area (Å²) in [4.78, 5) is 7.33. The molecule has 4 rings (SSSR count). The van der Waals surface area contributed by atoms with Gasteiger partial charge in [0.25, 0.3) is 0 Å². The van der Waals surface area contributed by atoms with E-state index in [1.165, 1.54) is 22.3 Å². The Morgan fingerprint density at radius 1 is 0.436 bits per heavy atom. The van der Waals surface area contributed by atoms with Crippen LogP contribution in [0.1, 0.15) is 101 Å². The molecule has 0 N–H and O–H groups in total. The molecule has 0 aliphatic heterocycles. The van der Waals surface area contributed by atoms with Crippen LogP contribution in [0, 0.1) is 28.0 Å². The molecule has 298 valence electrons. The predicted octanol–water partition coefficient (Wildman–Crippen LogP) is 12.5. The van der Waals surface area contributed by atoms with Crippen molar-refractivity contribution >= 4 is 67.3 Å². The second-order valence-corrected chi connectivity index (χ2v) is 26.8. The van der Waals surface area contributed by atoms with Gasteiger partial charge in [0.2, 0.25) is 0 Å². The molecule has 2 nitrogen and oxygen atoms in total. The summed E-state index contributed by atoms with van der Waals surface area (Å²) < 4.78 is 0. The number of hydrogen-bond donors (Lipinski definition) is 0. The van der Waals surface area contributed by atoms with Crippen molar-refractivity contribution in [2.24, 2.45) is 0 Å². The van der Waals surface area contributed by atoms with E-state index in [1.54, 1.807) is 20.7 Å². The molecule has 0 fully saturated rings. The number of rotatable bonds is 8. The zero-order valence-corrected chi connectivity index (χ0v) is 43.8. The van der Waals surface area contributed by atoms with Crippen LogP contribution < -0.4 is 20.7 Å². The molecule has 55 heavy (non-hydrogen) atoms. The first kappa shape index (κ1) is 56.7. The fourth-order valence-corrected chi connectivity index (χ4v) is 14.3. The van der Waals surface area contributed by atoms with Crippen LogP contribution >= 0.6 is 0 Å². The van der Waals surface area contributed by atoms with Gasteiger partial charge in [0.1, 0.15) is 0 Å². The Morgan fingerprint density at radius 3 is 0.855 bits per heavy atom. The van der Waals surface area contributed by atoms with Gasteiger partial charge in [-0.15, -0.1) is 0 Å². The molecule has 0 aliphatic rings. The number of benzene rings is 4. The van der Waals surface area contributed by atoms with Crippen molar-refractivity contribution in [3.05, 3.63) is 145 Å². The molecular formula is C48H74N2RuSi4+2. The molecule has 0 aromatic heterocycles. The van der Waals surface area contributed by atoms with E-state index in [1.807, 2.05) is 0 Å². The molecule has 2 radical (unpaired) electrons. The maximum absolute atomic E-state index is 7.24. The van der Waals surface area contributed by atoms with E-state index >= 15 is 0 Å². The summed E-state index contributed by atoms with van der Waals surface area (Å²) in [7, 11) is -1.70. The average molecular weight is 893 g/mol. The maximum Gasteiger partial charge on any atom is 4.00 e. The molecule has 7 heteroatoms. The van der Waals surface area contributed by atoms with Crippen molar-refractivity contribution < 1.29 is 19.5 Å². The third-order valence-electron chi connectivity index (χ3n) is 9.15. The first-order valence-electron chi connectivity index (χ1n) is 19.2. The van der Waals surface area contributed by atoms with Crippen molar-refractivity contribution in [2.45, 2.75) is 131 Å². The normalized spacial score (nSPS) is 10.3. The molecule has 0 spiro atoms. The SMILES string of the molecule is C[SiH](C)c1ccccc1[SiH](C)C.C[Si](C)c1ccccc1[Si](C)C.[C-]#[N+]c1c(C(C)C)cccc1C(C)C.[C-]#[N+]c1c(C(C)C)cccc1C(C)C.[CH3-].[CH3-].[Ru+4]. The molecule has 0 amide bonds. The zero-order valence-electron chi connectivity index (χ0n) is 37.8. The van der Waals surface area contributed by atoms with Crippen LogP contribution in [0.4, 0.5) is 11.4 Å². The van der Waals surface area contributed by atoms with Crippen LogP contribution in [0.2, 0.25) is 52.4 Å². The van der Waals surface area contributed by atoms with Gasteiger partial charge in [0.15, 0.2) is 11.4 Å². The Balaban J connectivity index is -0.000000645. The topological polar surface area (TPSA) is 8.72 Å². The fraction of sp³-hybridized carbons (Fsp3) is 0.417. The van der Waals surface area contributed by atoms with Crippen molar-refractivity contribution in [3.63, 3.8) is 0 Å². The third-order valence-corrected chi connectivity index (χ3v) is 16.3. The second-order valence-electron chi connectivity index (χ2n) is 15.9. The predicted molar refractivity (Wildman–Crippen MR) is 259 cm³/mol. The van der Waals surface area contributed by atoms with Gasteiger partial charge in [0, 0.05) is 0 Å². The summed E-state index contributed by atoms with van der Waals surface area (Å²) in [5.74, 6) is 1.71. The minimum atomic E-state index is -0.590. The van der Waals surface area contributed by atoms with E-state index in [-0.39, 0.29) is 51.9 Å². The Kier molecular flexibility index (Phi) is 29.6. The number of nitrogens with zero attached hydrogens (tertiary/aromatic N) is 2. The Labute approximate surface area is 360 Å². The summed E-state index contributed by atoms with van der Waals surface area (Å²) >= 11 is 0. The minimum absolute atomic E-state index is 0. The van der Waals surface area contributed by atoms with Gasteiger partial charge in [-0.25, -0.2) is 9.69 Å². The van der Waals surface area contributed by atoms with Gasteiger partial charge in [-0.2, -0.15) is 0 Å². The minimum Gasteiger partial charge on any atom is -0.358 e. The van der Waals surface area contributed by atoms with E-state index in [9.17, 15) is 0 Å². The van der Waals surface area contributed by atoms with Gasteiger partial charge in [-0.3, -0.25) is 0 Å². The first-order valence-corrected chi connectivity index (χ1v) is 30.0. The van der Waals surface area contributed by atoms with Crippen LogP contribution in [0.25, 0.3) is 9.69 Å². The molecule has 0 atom stereocenters. The van der Waals surface area contributed by atoms with E-state index in [2.05, 4.69) is 202 Å². The summed E-state index contributed by atoms with van der Waals surface area (Å²) in [6.07, 6.45) is 0. The fourth-order valence-electron chi connectivity index (χ4n) is 6.20. The largest absolute Gasteiger partial charge is 4.00 e. The standard InChI is InChI=1S/2C13H17N.C10H18Si2.C10H16Si2.2CH3.Ru/c2*1-9(2)11-7-6-8-12(10(3)4)13(11)14-5;2*1-11(2)9-7-5-6-8-10(9)12(3)4;;;/h2*6-10H,1-4H3;5-8,11-12H,1-4H3;5-8H,1-4H3;2*1H3;/q;;;;2*-1;+4. The smallest absolute Gasteiger partial charge is 0.358 e. The van der Waals surface area contributed by atoms with Crippen LogP contribution in [0.3, 0.4) is 0 Å². The Bertz CT molecular complexity index is 1510. The van der Waals surface area contributed by atoms with Crippen LogP contribution in [-0.2, 0) is 19.5 Å². The van der Waals surface area contributed by atoms with Crippen LogP contribution in [-0.4, -0.2) is 35.2 Å². The summed E-state index contributed by atoms with van der Waals surface area (Å²) in [6, 6.07) is 30.3. The summed E-state index contributed by atoms with van der Waals surface area (Å²) in [5, 5.41) is 6.67. The molecule has 4 aromatic carbocycles. The molecule has 0 bridgehead atoms. The molecule has 0 aliphatic carbocycles. The van der Waals surface area contributed by atoms with Gasteiger partial charge < -0.3 is 14.9 Å². The zero-order chi connectivity index (χ0) is 39.7. The molecule has 4 aromatic rings. The third kappa shape index (κ3) is 18.0. The van der Waals surface area contributed by atoms with Crippen LogP contribution in [0.15, 0.2) is 84.9 Å². The number of para-hydroxylation sites is 2. The first-order chi connectivity index (χ1) is 24.4. The van der Waals surface area contributed by atoms with E-state index in [0.29, 0.717) is 23.7 Å². The molecule has 0 saturated carbocycles. The Hall–Kier alpha value is -2.65. The van der Waals surface area contributed by atoms with Crippen molar-refractivity contribution in [1.29, 1.82) is 0 Å². The maximum atomic E-state index is 7.24. The van der Waals surface area contributed by atoms with Gasteiger partial charge in [-0.1, -0.05) is 213 Å². The quantitative estimate of drug-likeness (QED) is 0.123. The molecule has 0 heterocycles.